The number of nitrogens with one attached hydrogen (secondary N) is 1. The number of hydrogen-bond acceptors (Lipinski definition) is 5. The Hall–Kier alpha value is -3.03. The number of ether oxygens (including phenoxy) is 2. The summed E-state index contributed by atoms with van der Waals surface area (Å²) in [5.74, 6) is 1.07. The second-order valence-corrected chi connectivity index (χ2v) is 8.59. The average Bonchev–Trinajstić information content (AvgIpc) is 2.73. The first kappa shape index (κ1) is 21.7. The molecule has 3 aromatic rings. The van der Waals surface area contributed by atoms with E-state index in [9.17, 15) is 8.42 Å². The molecule has 0 aliphatic carbocycles. The lowest BCUT2D eigenvalue weighted by molar-refractivity contribution is 0.284. The van der Waals surface area contributed by atoms with Crippen LogP contribution in [0.1, 0.15) is 16.7 Å². The molecule has 0 heterocycles. The van der Waals surface area contributed by atoms with Gasteiger partial charge in [-0.2, -0.15) is 13.5 Å². The van der Waals surface area contributed by atoms with Crippen LogP contribution in [0.25, 0.3) is 0 Å². The number of aryl methyl sites for hydroxylation is 1. The van der Waals surface area contributed by atoms with E-state index in [0.717, 1.165) is 11.1 Å². The van der Waals surface area contributed by atoms with Crippen LogP contribution in [0.4, 0.5) is 0 Å². The van der Waals surface area contributed by atoms with Gasteiger partial charge in [0.25, 0.3) is 10.0 Å². The van der Waals surface area contributed by atoms with Gasteiger partial charge in [-0.05, 0) is 60.5 Å². The van der Waals surface area contributed by atoms with Gasteiger partial charge in [0.2, 0.25) is 0 Å². The lowest BCUT2D eigenvalue weighted by atomic mass is 10.2. The van der Waals surface area contributed by atoms with E-state index in [4.69, 9.17) is 21.1 Å². The normalized spacial score (nSPS) is 11.4. The molecule has 0 amide bonds. The molecule has 0 bridgehead atoms. The highest BCUT2D eigenvalue weighted by atomic mass is 35.5. The number of nitrogens with zero attached hydrogens (tertiary/aromatic N) is 1. The zero-order valence-electron chi connectivity index (χ0n) is 16.5. The Kier molecular flexibility index (Phi) is 6.97. The van der Waals surface area contributed by atoms with E-state index in [0.29, 0.717) is 28.7 Å². The molecule has 0 aliphatic rings. The van der Waals surface area contributed by atoms with E-state index in [1.807, 2.05) is 19.1 Å². The summed E-state index contributed by atoms with van der Waals surface area (Å²) in [6.07, 6.45) is 1.40. The molecule has 3 aromatic carbocycles. The Morgan fingerprint density at radius 3 is 2.37 bits per heavy atom. The van der Waals surface area contributed by atoms with E-state index in [2.05, 4.69) is 9.93 Å². The highest BCUT2D eigenvalue weighted by Gasteiger charge is 2.12. The molecular formula is C22H21ClN2O4S. The smallest absolute Gasteiger partial charge is 0.276 e. The maximum absolute atomic E-state index is 12.3. The molecule has 0 spiro atoms. The van der Waals surface area contributed by atoms with Crippen molar-refractivity contribution in [2.45, 2.75) is 18.4 Å². The predicted octanol–water partition coefficient (Wildman–Crippen LogP) is 4.55. The zero-order valence-corrected chi connectivity index (χ0v) is 18.1. The minimum absolute atomic E-state index is 0.145. The lowest BCUT2D eigenvalue weighted by Gasteiger charge is -2.11. The number of sulfonamides is 1. The fourth-order valence-electron chi connectivity index (χ4n) is 2.57. The van der Waals surface area contributed by atoms with Crippen LogP contribution in [0.15, 0.2) is 76.7 Å². The second-order valence-electron chi connectivity index (χ2n) is 6.49. The SMILES string of the molecule is COc1ccc(C=NNS(=O)(=O)c2ccc(C)cc2)cc1OCc1ccc(Cl)cc1. The largest absolute Gasteiger partial charge is 0.493 e. The van der Waals surface area contributed by atoms with Crippen molar-refractivity contribution in [1.29, 1.82) is 0 Å². The van der Waals surface area contributed by atoms with Crippen LogP contribution in [-0.2, 0) is 16.6 Å². The molecule has 0 aromatic heterocycles. The molecule has 156 valence electrons. The first-order valence-corrected chi connectivity index (χ1v) is 10.9. The van der Waals surface area contributed by atoms with Gasteiger partial charge < -0.3 is 9.47 Å². The molecule has 6 nitrogen and oxygen atoms in total. The molecule has 8 heteroatoms. The summed E-state index contributed by atoms with van der Waals surface area (Å²) in [5, 5.41) is 4.52. The predicted molar refractivity (Wildman–Crippen MR) is 118 cm³/mol. The van der Waals surface area contributed by atoms with Gasteiger partial charge >= 0.3 is 0 Å². The van der Waals surface area contributed by atoms with Crippen LogP contribution in [0.5, 0.6) is 11.5 Å². The fraction of sp³-hybridized carbons (Fsp3) is 0.136. The Bertz CT molecular complexity index is 1130. The number of rotatable bonds is 8. The minimum Gasteiger partial charge on any atom is -0.493 e. The Morgan fingerprint density at radius 2 is 1.70 bits per heavy atom. The van der Waals surface area contributed by atoms with Gasteiger partial charge in [-0.25, -0.2) is 4.83 Å². The molecule has 0 radical (unpaired) electrons. The van der Waals surface area contributed by atoms with Gasteiger partial charge in [0.05, 0.1) is 18.2 Å². The Balaban J connectivity index is 1.70. The van der Waals surface area contributed by atoms with E-state index in [1.54, 1.807) is 49.6 Å². The summed E-state index contributed by atoms with van der Waals surface area (Å²) in [5.41, 5.74) is 2.57. The summed E-state index contributed by atoms with van der Waals surface area (Å²) in [4.78, 5) is 2.36. The van der Waals surface area contributed by atoms with Gasteiger partial charge in [0.1, 0.15) is 6.61 Å². The number of hydrogen-bond donors (Lipinski definition) is 1. The van der Waals surface area contributed by atoms with Gasteiger partial charge in [-0.1, -0.05) is 41.4 Å². The summed E-state index contributed by atoms with van der Waals surface area (Å²) in [6, 6.07) is 19.1. The van der Waals surface area contributed by atoms with Crippen LogP contribution < -0.4 is 14.3 Å². The van der Waals surface area contributed by atoms with Gasteiger partial charge in [0, 0.05) is 5.02 Å². The average molecular weight is 445 g/mol. The topological polar surface area (TPSA) is 77.0 Å². The van der Waals surface area contributed by atoms with E-state index in [1.165, 1.54) is 18.3 Å². The number of halogens is 1. The van der Waals surface area contributed by atoms with Gasteiger partial charge in [-0.3, -0.25) is 0 Å². The van der Waals surface area contributed by atoms with Crippen molar-refractivity contribution in [3.63, 3.8) is 0 Å². The van der Waals surface area contributed by atoms with Crippen LogP contribution in [-0.4, -0.2) is 21.7 Å². The summed E-state index contributed by atoms with van der Waals surface area (Å²) in [6.45, 7) is 2.21. The number of methoxy groups -OCH3 is 1. The first-order chi connectivity index (χ1) is 14.4. The monoisotopic (exact) mass is 444 g/mol. The molecule has 1 N–H and O–H groups in total. The zero-order chi connectivity index (χ0) is 21.6. The van der Waals surface area contributed by atoms with E-state index >= 15 is 0 Å². The van der Waals surface area contributed by atoms with E-state index < -0.39 is 10.0 Å². The van der Waals surface area contributed by atoms with Crippen molar-refractivity contribution in [3.05, 3.63) is 88.4 Å². The van der Waals surface area contributed by atoms with Crippen molar-refractivity contribution in [2.24, 2.45) is 5.10 Å². The number of hydrazone groups is 1. The summed E-state index contributed by atoms with van der Waals surface area (Å²) < 4.78 is 35.8. The molecule has 0 saturated heterocycles. The highest BCUT2D eigenvalue weighted by molar-refractivity contribution is 7.89. The van der Waals surface area contributed by atoms with Crippen molar-refractivity contribution < 1.29 is 17.9 Å². The van der Waals surface area contributed by atoms with Crippen molar-refractivity contribution in [2.75, 3.05) is 7.11 Å². The highest BCUT2D eigenvalue weighted by Crippen LogP contribution is 2.28. The lowest BCUT2D eigenvalue weighted by Crippen LogP contribution is -2.18. The van der Waals surface area contributed by atoms with Gasteiger partial charge in [-0.15, -0.1) is 0 Å². The Labute approximate surface area is 181 Å². The van der Waals surface area contributed by atoms with Crippen LogP contribution in [0.3, 0.4) is 0 Å². The van der Waals surface area contributed by atoms with Crippen LogP contribution in [0, 0.1) is 6.92 Å². The molecule has 0 unspecified atom stereocenters. The van der Waals surface area contributed by atoms with Crippen molar-refractivity contribution in [3.8, 4) is 11.5 Å². The van der Waals surface area contributed by atoms with Gasteiger partial charge in [0.15, 0.2) is 11.5 Å². The molecular weight excluding hydrogens is 424 g/mol. The third-order valence-electron chi connectivity index (χ3n) is 4.21. The Morgan fingerprint density at radius 1 is 1.00 bits per heavy atom. The second kappa shape index (κ2) is 9.65. The molecule has 0 atom stereocenters. The van der Waals surface area contributed by atoms with Crippen LogP contribution >= 0.6 is 11.6 Å². The fourth-order valence-corrected chi connectivity index (χ4v) is 3.49. The first-order valence-electron chi connectivity index (χ1n) is 9.04. The third-order valence-corrected chi connectivity index (χ3v) is 5.70. The summed E-state index contributed by atoms with van der Waals surface area (Å²) in [7, 11) is -2.19. The maximum Gasteiger partial charge on any atom is 0.276 e. The molecule has 3 rings (SSSR count). The van der Waals surface area contributed by atoms with Crippen LogP contribution in [0.2, 0.25) is 5.02 Å². The van der Waals surface area contributed by atoms with Crippen molar-refractivity contribution >= 4 is 27.8 Å². The standard InChI is InChI=1S/C22H21ClN2O4S/c1-16-3-10-20(11-4-16)30(26,27)25-24-14-18-7-12-21(28-2)22(13-18)29-15-17-5-8-19(23)9-6-17/h3-14,25H,15H2,1-2H3. The molecule has 0 aliphatic heterocycles. The van der Waals surface area contributed by atoms with E-state index in [-0.39, 0.29) is 4.90 Å². The quantitative estimate of drug-likeness (QED) is 0.408. The molecule has 30 heavy (non-hydrogen) atoms. The maximum atomic E-state index is 12.3. The molecule has 0 saturated carbocycles. The van der Waals surface area contributed by atoms with Crippen molar-refractivity contribution in [1.82, 2.24) is 4.83 Å². The number of benzene rings is 3. The summed E-state index contributed by atoms with van der Waals surface area (Å²) >= 11 is 5.90. The minimum atomic E-state index is -3.73. The third kappa shape index (κ3) is 5.75. The molecule has 0 fully saturated rings.